The number of fused-ring (bicyclic) bond motifs is 1. The molecule has 2 heterocycles. The van der Waals surface area contributed by atoms with E-state index in [2.05, 4.69) is 91.4 Å². The van der Waals surface area contributed by atoms with Gasteiger partial charge in [0.25, 0.3) is 0 Å². The number of aromatic nitrogens is 1. The summed E-state index contributed by atoms with van der Waals surface area (Å²) < 4.78 is 1.30. The smallest absolute Gasteiger partial charge is 0.120 e. The molecule has 1 unspecified atom stereocenters. The zero-order valence-electron chi connectivity index (χ0n) is 18.4. The summed E-state index contributed by atoms with van der Waals surface area (Å²) in [5, 5.41) is 8.25. The van der Waals surface area contributed by atoms with Gasteiger partial charge in [0.1, 0.15) is 11.0 Å². The Hall–Kier alpha value is -3.47. The summed E-state index contributed by atoms with van der Waals surface area (Å²) in [5.41, 5.74) is 6.55. The highest BCUT2D eigenvalue weighted by molar-refractivity contribution is 7.19. The van der Waals surface area contributed by atoms with Crippen molar-refractivity contribution < 1.29 is 0 Å². The Bertz CT molecular complexity index is 1420. The van der Waals surface area contributed by atoms with Gasteiger partial charge in [-0.3, -0.25) is 0 Å². The number of anilines is 1. The van der Waals surface area contributed by atoms with Gasteiger partial charge in [0.15, 0.2) is 0 Å². The van der Waals surface area contributed by atoms with Crippen molar-refractivity contribution in [2.75, 3.05) is 5.32 Å². The molecule has 3 aromatic carbocycles. The van der Waals surface area contributed by atoms with Crippen LogP contribution in [-0.4, -0.2) is 4.98 Å². The average molecular weight is 465 g/mol. The van der Waals surface area contributed by atoms with Gasteiger partial charge in [0.05, 0.1) is 5.69 Å². The maximum absolute atomic E-state index is 5.16. The highest BCUT2D eigenvalue weighted by Gasteiger charge is 2.22. The van der Waals surface area contributed by atoms with Gasteiger partial charge in [0.2, 0.25) is 0 Å². The van der Waals surface area contributed by atoms with E-state index in [9.17, 15) is 0 Å². The molecule has 1 N–H and O–H groups in total. The molecule has 5 aromatic rings. The number of nitrogens with one attached hydrogen (secondary N) is 1. The Morgan fingerprint density at radius 3 is 2.30 bits per heavy atom. The maximum atomic E-state index is 5.16. The number of aryl methyl sites for hydroxylation is 1. The summed E-state index contributed by atoms with van der Waals surface area (Å²) in [5.74, 6) is 0. The number of nitrogens with zero attached hydrogens (tertiary/aromatic N) is 1. The van der Waals surface area contributed by atoms with Crippen LogP contribution in [0.15, 0.2) is 91.3 Å². The van der Waals surface area contributed by atoms with Gasteiger partial charge in [-0.1, -0.05) is 92.0 Å². The number of thiophene rings is 1. The van der Waals surface area contributed by atoms with Crippen molar-refractivity contribution in [2.24, 2.45) is 0 Å². The largest absolute Gasteiger partial charge is 0.371 e. The lowest BCUT2D eigenvalue weighted by atomic mass is 10.0. The number of thiazole rings is 1. The van der Waals surface area contributed by atoms with Crippen molar-refractivity contribution in [3.63, 3.8) is 0 Å². The molecule has 2 nitrogen and oxygen atoms in total. The second kappa shape index (κ2) is 9.18. The van der Waals surface area contributed by atoms with Crippen molar-refractivity contribution in [1.29, 1.82) is 0 Å². The second-order valence-electron chi connectivity index (χ2n) is 7.81. The van der Waals surface area contributed by atoms with Crippen LogP contribution in [0.2, 0.25) is 0 Å². The molecule has 5 rings (SSSR count). The van der Waals surface area contributed by atoms with Crippen LogP contribution in [-0.2, 0) is 0 Å². The fourth-order valence-corrected chi connectivity index (χ4v) is 6.15. The van der Waals surface area contributed by atoms with Gasteiger partial charge >= 0.3 is 0 Å². The van der Waals surface area contributed by atoms with Crippen LogP contribution in [0.25, 0.3) is 33.5 Å². The minimum atomic E-state index is -0.0880. The maximum Gasteiger partial charge on any atom is 0.120 e. The minimum Gasteiger partial charge on any atom is -0.371 e. The first-order valence-electron chi connectivity index (χ1n) is 10.8. The molecular formula is C29H24N2S2. The second-order valence-corrected chi connectivity index (χ2v) is 9.95. The van der Waals surface area contributed by atoms with E-state index in [1.54, 1.807) is 11.3 Å². The molecule has 162 valence electrons. The van der Waals surface area contributed by atoms with E-state index in [0.29, 0.717) is 0 Å². The lowest BCUT2D eigenvalue weighted by Crippen LogP contribution is -2.14. The van der Waals surface area contributed by atoms with Gasteiger partial charge < -0.3 is 5.32 Å². The number of para-hydroxylation sites is 1. The Morgan fingerprint density at radius 2 is 1.58 bits per heavy atom. The van der Waals surface area contributed by atoms with Crippen molar-refractivity contribution in [2.45, 2.75) is 13.0 Å². The van der Waals surface area contributed by atoms with Crippen LogP contribution in [0.5, 0.6) is 0 Å². The Labute approximate surface area is 202 Å². The minimum absolute atomic E-state index is 0.0880. The topological polar surface area (TPSA) is 24.9 Å². The van der Waals surface area contributed by atoms with Crippen LogP contribution in [0.3, 0.4) is 0 Å². The highest BCUT2D eigenvalue weighted by atomic mass is 32.1. The fraction of sp³-hybridized carbons (Fsp3) is 0.0690. The molecule has 0 bridgehead atoms. The third kappa shape index (κ3) is 4.04. The molecule has 0 aliphatic heterocycles. The summed E-state index contributed by atoms with van der Waals surface area (Å²) in [7, 11) is 0. The van der Waals surface area contributed by atoms with Gasteiger partial charge in [0, 0.05) is 31.6 Å². The quantitative estimate of drug-likeness (QED) is 0.260. The van der Waals surface area contributed by atoms with Crippen molar-refractivity contribution >= 4 is 50.6 Å². The molecule has 0 amide bonds. The standard InChI is InChI=1S/C29H24N2S2/c1-4-20-14-11-15-21(5-2)27(20)31-28(22-12-7-6-8-13-22)29-30-24(18-32-29)26-19(3)33-25-17-10-9-16-23(25)26/h4-18,28,31H,1-2H2,3H3. The molecule has 0 aliphatic carbocycles. The van der Waals surface area contributed by atoms with Crippen LogP contribution < -0.4 is 5.32 Å². The third-order valence-corrected chi connectivity index (χ3v) is 7.78. The van der Waals surface area contributed by atoms with E-state index in [0.717, 1.165) is 27.5 Å². The average Bonchev–Trinajstić information content (AvgIpc) is 3.46. The summed E-state index contributed by atoms with van der Waals surface area (Å²) in [6.07, 6.45) is 3.76. The molecule has 1 atom stereocenters. The van der Waals surface area contributed by atoms with E-state index >= 15 is 0 Å². The van der Waals surface area contributed by atoms with Crippen LogP contribution in [0.1, 0.15) is 32.6 Å². The normalized spacial score (nSPS) is 11.9. The monoisotopic (exact) mass is 464 g/mol. The van der Waals surface area contributed by atoms with Gasteiger partial charge in [-0.2, -0.15) is 0 Å². The summed E-state index contributed by atoms with van der Waals surface area (Å²) in [6.45, 7) is 10.2. The fourth-order valence-electron chi connectivity index (χ4n) is 4.19. The summed E-state index contributed by atoms with van der Waals surface area (Å²) >= 11 is 3.52. The Morgan fingerprint density at radius 1 is 0.879 bits per heavy atom. The summed E-state index contributed by atoms with van der Waals surface area (Å²) in [4.78, 5) is 6.45. The predicted molar refractivity (Wildman–Crippen MR) is 146 cm³/mol. The Kier molecular flexibility index (Phi) is 5.95. The number of hydrogen-bond donors (Lipinski definition) is 1. The molecule has 0 fully saturated rings. The van der Waals surface area contributed by atoms with Gasteiger partial charge in [-0.25, -0.2) is 4.98 Å². The lowest BCUT2D eigenvalue weighted by Gasteiger charge is -2.21. The first-order valence-corrected chi connectivity index (χ1v) is 12.5. The number of benzene rings is 3. The molecular weight excluding hydrogens is 440 g/mol. The van der Waals surface area contributed by atoms with Crippen molar-refractivity contribution in [3.8, 4) is 11.3 Å². The van der Waals surface area contributed by atoms with Gasteiger partial charge in [-0.15, -0.1) is 22.7 Å². The van der Waals surface area contributed by atoms with Crippen molar-refractivity contribution in [3.05, 3.63) is 118 Å². The zero-order valence-corrected chi connectivity index (χ0v) is 20.0. The van der Waals surface area contributed by atoms with Crippen LogP contribution >= 0.6 is 22.7 Å². The van der Waals surface area contributed by atoms with Crippen LogP contribution in [0, 0.1) is 6.92 Å². The number of hydrogen-bond acceptors (Lipinski definition) is 4. The van der Waals surface area contributed by atoms with Crippen molar-refractivity contribution in [1.82, 2.24) is 4.98 Å². The molecule has 2 aromatic heterocycles. The highest BCUT2D eigenvalue weighted by Crippen LogP contribution is 2.40. The van der Waals surface area contributed by atoms with Gasteiger partial charge in [-0.05, 0) is 29.7 Å². The predicted octanol–water partition coefficient (Wildman–Crippen LogP) is 8.82. The molecule has 0 spiro atoms. The lowest BCUT2D eigenvalue weighted by molar-refractivity contribution is 0.921. The van der Waals surface area contributed by atoms with E-state index in [1.165, 1.54) is 26.1 Å². The molecule has 0 aliphatic rings. The van der Waals surface area contributed by atoms with E-state index in [1.807, 2.05) is 35.6 Å². The molecule has 33 heavy (non-hydrogen) atoms. The molecule has 4 heteroatoms. The summed E-state index contributed by atoms with van der Waals surface area (Å²) in [6, 6.07) is 25.1. The van der Waals surface area contributed by atoms with E-state index in [4.69, 9.17) is 4.98 Å². The van der Waals surface area contributed by atoms with E-state index < -0.39 is 0 Å². The Balaban J connectivity index is 1.62. The third-order valence-electron chi connectivity index (χ3n) is 5.79. The molecule has 0 radical (unpaired) electrons. The first kappa shape index (κ1) is 21.4. The molecule has 0 saturated carbocycles. The van der Waals surface area contributed by atoms with E-state index in [-0.39, 0.29) is 6.04 Å². The molecule has 0 saturated heterocycles. The van der Waals surface area contributed by atoms with Crippen LogP contribution in [0.4, 0.5) is 5.69 Å². The number of rotatable bonds is 7. The first-order chi connectivity index (χ1) is 16.2. The zero-order chi connectivity index (χ0) is 22.8. The SMILES string of the molecule is C=Cc1cccc(C=C)c1NC(c1ccccc1)c1nc(-c2c(C)sc3ccccc23)cs1.